The van der Waals surface area contributed by atoms with Gasteiger partial charge in [-0.05, 0) is 103 Å². The minimum Gasteiger partial charge on any atom is -0.462 e. The number of carbonyl (C=O) groups is 3. The maximum absolute atomic E-state index is 12.8. The second kappa shape index (κ2) is 55.7. The molecule has 0 fully saturated rings. The van der Waals surface area contributed by atoms with Gasteiger partial charge in [0.25, 0.3) is 0 Å². The third kappa shape index (κ3) is 53.0. The molecule has 0 heterocycles. The van der Waals surface area contributed by atoms with E-state index in [0.29, 0.717) is 19.3 Å². The van der Waals surface area contributed by atoms with Crippen molar-refractivity contribution in [3.8, 4) is 0 Å². The first-order valence-electron chi connectivity index (χ1n) is 27.9. The summed E-state index contributed by atoms with van der Waals surface area (Å²) in [6.07, 6.45) is 75.4. The molecule has 0 aliphatic carbocycles. The fourth-order valence-corrected chi connectivity index (χ4v) is 7.40. The highest BCUT2D eigenvalue weighted by atomic mass is 16.6. The van der Waals surface area contributed by atoms with Gasteiger partial charge in [0.05, 0.1) is 0 Å². The summed E-state index contributed by atoms with van der Waals surface area (Å²) in [5.41, 5.74) is 0. The Labute approximate surface area is 419 Å². The Balaban J connectivity index is 4.17. The molecule has 386 valence electrons. The molecule has 1 atom stereocenters. The van der Waals surface area contributed by atoms with Crippen molar-refractivity contribution in [3.63, 3.8) is 0 Å². The van der Waals surface area contributed by atoms with Gasteiger partial charge in [-0.3, -0.25) is 14.4 Å². The van der Waals surface area contributed by atoms with Crippen LogP contribution in [-0.4, -0.2) is 37.2 Å². The van der Waals surface area contributed by atoms with Gasteiger partial charge in [-0.1, -0.05) is 233 Å². The van der Waals surface area contributed by atoms with Crippen LogP contribution in [0.4, 0.5) is 0 Å². The van der Waals surface area contributed by atoms with Crippen molar-refractivity contribution in [2.45, 2.75) is 252 Å². The maximum atomic E-state index is 12.8. The summed E-state index contributed by atoms with van der Waals surface area (Å²) in [7, 11) is 0. The molecular formula is C62H102O6. The Morgan fingerprint density at radius 2 is 0.574 bits per heavy atom. The molecule has 6 heteroatoms. The number of ether oxygens (including phenoxy) is 3. The van der Waals surface area contributed by atoms with Crippen LogP contribution in [-0.2, 0) is 28.6 Å². The number of rotatable bonds is 49. The minimum absolute atomic E-state index is 0.0896. The maximum Gasteiger partial charge on any atom is 0.306 e. The van der Waals surface area contributed by atoms with Gasteiger partial charge in [-0.2, -0.15) is 0 Å². The van der Waals surface area contributed by atoms with Gasteiger partial charge < -0.3 is 14.2 Å². The van der Waals surface area contributed by atoms with Crippen molar-refractivity contribution in [1.29, 1.82) is 0 Å². The molecule has 0 aromatic rings. The molecule has 0 saturated carbocycles. The summed E-state index contributed by atoms with van der Waals surface area (Å²) in [5.74, 6) is -0.928. The molecule has 6 nitrogen and oxygen atoms in total. The standard InChI is InChI=1S/C62H102O6/c1-4-7-10-13-16-18-20-22-24-26-27-28-29-30-31-32-33-34-35-37-38-40-42-44-46-49-52-55-61(64)67-58-59(57-66-60(63)54-51-48-15-12-9-6-3)68-62(65)56-53-50-47-45-43-41-39-36-25-23-21-19-17-14-11-8-5-2/h7-8,10-11,16-19,22-25,27-28,30-31,39,41,59H,4-6,9,12-15,20-21,26,29,32-38,40,42-58H2,1-3H3/b10-7-,11-8-,18-16-,19-17-,24-22-,25-23-,28-27-,31-30-,41-39-. The molecule has 0 aliphatic rings. The predicted molar refractivity (Wildman–Crippen MR) is 293 cm³/mol. The normalized spacial score (nSPS) is 12.9. The molecule has 0 N–H and O–H groups in total. The average molecular weight is 943 g/mol. The summed E-state index contributed by atoms with van der Waals surface area (Å²) in [5, 5.41) is 0. The predicted octanol–water partition coefficient (Wildman–Crippen LogP) is 18.7. The van der Waals surface area contributed by atoms with Gasteiger partial charge in [0.1, 0.15) is 13.2 Å². The van der Waals surface area contributed by atoms with E-state index in [2.05, 4.69) is 130 Å². The molecule has 0 saturated heterocycles. The number of allylic oxidation sites excluding steroid dienone is 18. The van der Waals surface area contributed by atoms with E-state index < -0.39 is 6.10 Å². The van der Waals surface area contributed by atoms with Gasteiger partial charge in [-0.25, -0.2) is 0 Å². The average Bonchev–Trinajstić information content (AvgIpc) is 3.34. The third-order valence-corrected chi connectivity index (χ3v) is 11.5. The number of hydrogen-bond acceptors (Lipinski definition) is 6. The minimum atomic E-state index is -0.790. The van der Waals surface area contributed by atoms with Gasteiger partial charge in [0.15, 0.2) is 6.10 Å². The fourth-order valence-electron chi connectivity index (χ4n) is 7.40. The second-order valence-electron chi connectivity index (χ2n) is 18.1. The fraction of sp³-hybridized carbons (Fsp3) is 0.661. The molecule has 0 aromatic carbocycles. The highest BCUT2D eigenvalue weighted by molar-refractivity contribution is 5.71. The first-order chi connectivity index (χ1) is 33.5. The Bertz CT molecular complexity index is 1410. The first kappa shape index (κ1) is 64.1. The smallest absolute Gasteiger partial charge is 0.306 e. The lowest BCUT2D eigenvalue weighted by Crippen LogP contribution is -2.30. The lowest BCUT2D eigenvalue weighted by Gasteiger charge is -2.18. The van der Waals surface area contributed by atoms with Gasteiger partial charge in [0, 0.05) is 19.3 Å². The number of unbranched alkanes of at least 4 members (excludes halogenated alkanes) is 20. The van der Waals surface area contributed by atoms with Crippen molar-refractivity contribution >= 4 is 17.9 Å². The molecule has 0 spiro atoms. The number of carbonyl (C=O) groups excluding carboxylic acids is 3. The Morgan fingerprint density at radius 3 is 0.897 bits per heavy atom. The summed E-state index contributed by atoms with van der Waals surface area (Å²) >= 11 is 0. The molecule has 0 amide bonds. The van der Waals surface area contributed by atoms with E-state index in [1.807, 2.05) is 0 Å². The quantitative estimate of drug-likeness (QED) is 0.0262. The first-order valence-corrected chi connectivity index (χ1v) is 27.9. The number of esters is 3. The van der Waals surface area contributed by atoms with Gasteiger partial charge >= 0.3 is 17.9 Å². The number of hydrogen-bond donors (Lipinski definition) is 0. The van der Waals surface area contributed by atoms with E-state index in [1.54, 1.807) is 0 Å². The zero-order valence-corrected chi connectivity index (χ0v) is 44.1. The summed E-state index contributed by atoms with van der Waals surface area (Å²) < 4.78 is 16.7. The van der Waals surface area contributed by atoms with E-state index in [4.69, 9.17) is 14.2 Å². The zero-order chi connectivity index (χ0) is 49.3. The van der Waals surface area contributed by atoms with Crippen LogP contribution in [0.1, 0.15) is 245 Å². The van der Waals surface area contributed by atoms with E-state index in [9.17, 15) is 14.4 Å². The van der Waals surface area contributed by atoms with E-state index >= 15 is 0 Å². The van der Waals surface area contributed by atoms with Gasteiger partial charge in [0.2, 0.25) is 0 Å². The van der Waals surface area contributed by atoms with Crippen molar-refractivity contribution in [1.82, 2.24) is 0 Å². The van der Waals surface area contributed by atoms with Gasteiger partial charge in [-0.15, -0.1) is 0 Å². The van der Waals surface area contributed by atoms with Crippen LogP contribution >= 0.6 is 0 Å². The van der Waals surface area contributed by atoms with Crippen molar-refractivity contribution in [2.75, 3.05) is 13.2 Å². The van der Waals surface area contributed by atoms with Crippen LogP contribution in [0.25, 0.3) is 0 Å². The summed E-state index contributed by atoms with van der Waals surface area (Å²) in [6.45, 7) is 6.32. The second-order valence-corrected chi connectivity index (χ2v) is 18.1. The molecule has 0 bridgehead atoms. The third-order valence-electron chi connectivity index (χ3n) is 11.5. The Kier molecular flexibility index (Phi) is 52.4. The van der Waals surface area contributed by atoms with Crippen molar-refractivity contribution in [3.05, 3.63) is 109 Å². The van der Waals surface area contributed by atoms with Crippen LogP contribution in [0.5, 0.6) is 0 Å². The molecule has 0 aromatic heterocycles. The molecule has 1 unspecified atom stereocenters. The lowest BCUT2D eigenvalue weighted by molar-refractivity contribution is -0.167. The highest BCUT2D eigenvalue weighted by Gasteiger charge is 2.19. The molecule has 0 radical (unpaired) electrons. The van der Waals surface area contributed by atoms with E-state index in [0.717, 1.165) is 128 Å². The van der Waals surface area contributed by atoms with E-state index in [-0.39, 0.29) is 31.1 Å². The zero-order valence-electron chi connectivity index (χ0n) is 44.1. The van der Waals surface area contributed by atoms with Crippen LogP contribution in [0.2, 0.25) is 0 Å². The Morgan fingerprint density at radius 1 is 0.309 bits per heavy atom. The van der Waals surface area contributed by atoms with Crippen LogP contribution < -0.4 is 0 Å². The van der Waals surface area contributed by atoms with Crippen molar-refractivity contribution < 1.29 is 28.6 Å². The highest BCUT2D eigenvalue weighted by Crippen LogP contribution is 2.15. The van der Waals surface area contributed by atoms with Crippen molar-refractivity contribution in [2.24, 2.45) is 0 Å². The van der Waals surface area contributed by atoms with Crippen LogP contribution in [0, 0.1) is 0 Å². The van der Waals surface area contributed by atoms with Crippen LogP contribution in [0.15, 0.2) is 109 Å². The summed E-state index contributed by atoms with van der Waals surface area (Å²) in [4.78, 5) is 37.8. The monoisotopic (exact) mass is 943 g/mol. The molecule has 0 rings (SSSR count). The lowest BCUT2D eigenvalue weighted by atomic mass is 10.0. The molecular weight excluding hydrogens is 841 g/mol. The Hall–Kier alpha value is -3.93. The SMILES string of the molecule is CC/C=C\C/C=C\C/C=C\C/C=C\C/C=C\CCCCCCCCCCCCCC(=O)OCC(COC(=O)CCCCCCCC)OC(=O)CCCCCC/C=C\C/C=C\C/C=C\C/C=C\CC. The topological polar surface area (TPSA) is 78.9 Å². The van der Waals surface area contributed by atoms with Crippen LogP contribution in [0.3, 0.4) is 0 Å². The molecule has 0 aliphatic heterocycles. The summed E-state index contributed by atoms with van der Waals surface area (Å²) in [6, 6.07) is 0. The van der Waals surface area contributed by atoms with E-state index in [1.165, 1.54) is 77.0 Å². The molecule has 68 heavy (non-hydrogen) atoms. The largest absolute Gasteiger partial charge is 0.462 e.